The smallest absolute Gasteiger partial charge is 0.345 e. The number of nitrogens with zero attached hydrogens (tertiary/aromatic N) is 1. The highest BCUT2D eigenvalue weighted by Crippen LogP contribution is 2.38. The number of hydrogen-bond acceptors (Lipinski definition) is 6. The number of nitrogens with one attached hydrogen (secondary N) is 1. The molecule has 1 N–H and O–H groups in total. The summed E-state index contributed by atoms with van der Waals surface area (Å²) in [4.78, 5) is 24.8. The normalized spacial score (nSPS) is 10.6. The predicted octanol–water partition coefficient (Wildman–Crippen LogP) is 5.07. The Balaban J connectivity index is 1.86. The van der Waals surface area contributed by atoms with Gasteiger partial charge in [-0.3, -0.25) is 10.1 Å². The lowest BCUT2D eigenvalue weighted by molar-refractivity contribution is -0.118. The molecule has 1 amide bonds. The lowest BCUT2D eigenvalue weighted by atomic mass is 10.1. The Bertz CT molecular complexity index is 1090. The molecule has 0 saturated heterocycles. The van der Waals surface area contributed by atoms with E-state index >= 15 is 0 Å². The molecular weight excluding hydrogens is 431 g/mol. The summed E-state index contributed by atoms with van der Waals surface area (Å²) in [5.41, 5.74) is 2.21. The monoisotopic (exact) mass is 448 g/mol. The average molecular weight is 449 g/mol. The van der Waals surface area contributed by atoms with E-state index in [4.69, 9.17) is 37.2 Å². The zero-order chi connectivity index (χ0) is 21.8. The van der Waals surface area contributed by atoms with E-state index in [0.717, 1.165) is 11.1 Å². The van der Waals surface area contributed by atoms with E-state index in [1.807, 2.05) is 26.0 Å². The lowest BCUT2D eigenvalue weighted by Gasteiger charge is -2.10. The molecule has 9 heteroatoms. The second-order valence-corrected chi connectivity index (χ2v) is 7.17. The van der Waals surface area contributed by atoms with Crippen molar-refractivity contribution in [3.05, 3.63) is 63.1 Å². The van der Waals surface area contributed by atoms with Gasteiger partial charge in [0, 0.05) is 5.56 Å². The minimum Gasteiger partial charge on any atom is -0.483 e. The lowest BCUT2D eigenvalue weighted by Crippen LogP contribution is -2.21. The molecule has 0 radical (unpaired) electrons. The molecule has 156 valence electrons. The van der Waals surface area contributed by atoms with Crippen molar-refractivity contribution in [2.75, 3.05) is 19.0 Å². The fourth-order valence-electron chi connectivity index (χ4n) is 2.75. The van der Waals surface area contributed by atoms with Gasteiger partial charge in [0.15, 0.2) is 12.2 Å². The van der Waals surface area contributed by atoms with Crippen molar-refractivity contribution < 1.29 is 23.6 Å². The highest BCUT2D eigenvalue weighted by atomic mass is 35.5. The first kappa shape index (κ1) is 21.7. The van der Waals surface area contributed by atoms with Gasteiger partial charge < -0.3 is 14.0 Å². The zero-order valence-corrected chi connectivity index (χ0v) is 17.9. The van der Waals surface area contributed by atoms with Gasteiger partial charge in [-0.05, 0) is 43.2 Å². The second kappa shape index (κ2) is 9.19. The zero-order valence-electron chi connectivity index (χ0n) is 16.4. The van der Waals surface area contributed by atoms with E-state index in [1.165, 1.54) is 7.11 Å². The Hall–Kier alpha value is -3.03. The highest BCUT2D eigenvalue weighted by molar-refractivity contribution is 6.39. The maximum absolute atomic E-state index is 12.4. The van der Waals surface area contributed by atoms with Crippen molar-refractivity contribution in [3.8, 4) is 17.0 Å². The summed E-state index contributed by atoms with van der Waals surface area (Å²) < 4.78 is 15.6. The number of hydrogen-bond donors (Lipinski definition) is 1. The molecule has 0 aliphatic rings. The number of aromatic nitrogens is 1. The third-order valence-electron chi connectivity index (χ3n) is 4.45. The molecule has 30 heavy (non-hydrogen) atoms. The van der Waals surface area contributed by atoms with Crippen molar-refractivity contribution in [1.82, 2.24) is 5.16 Å². The molecule has 3 rings (SSSR count). The fourth-order valence-corrected chi connectivity index (χ4v) is 3.32. The van der Waals surface area contributed by atoms with Crippen LogP contribution in [0.4, 0.5) is 5.88 Å². The van der Waals surface area contributed by atoms with Gasteiger partial charge >= 0.3 is 5.97 Å². The topological polar surface area (TPSA) is 90.7 Å². The van der Waals surface area contributed by atoms with Crippen LogP contribution in [-0.2, 0) is 9.53 Å². The number of benzene rings is 2. The van der Waals surface area contributed by atoms with Crippen LogP contribution in [0.25, 0.3) is 11.3 Å². The summed E-state index contributed by atoms with van der Waals surface area (Å²) in [5.74, 6) is -0.927. The van der Waals surface area contributed by atoms with E-state index in [2.05, 4.69) is 10.5 Å². The summed E-state index contributed by atoms with van der Waals surface area (Å²) in [7, 11) is 1.20. The molecule has 7 nitrogen and oxygen atoms in total. The SMILES string of the molecule is COC(=O)c1c(-c2c(Cl)cccc2Cl)noc1NC(=O)COc1cccc(C)c1C. The Morgan fingerprint density at radius 2 is 1.77 bits per heavy atom. The molecule has 0 bridgehead atoms. The summed E-state index contributed by atoms with van der Waals surface area (Å²) in [6.45, 7) is 3.54. The van der Waals surface area contributed by atoms with E-state index in [0.29, 0.717) is 5.75 Å². The number of halogens is 2. The van der Waals surface area contributed by atoms with Crippen molar-refractivity contribution in [2.24, 2.45) is 0 Å². The van der Waals surface area contributed by atoms with E-state index in [9.17, 15) is 9.59 Å². The van der Waals surface area contributed by atoms with Gasteiger partial charge in [0.1, 0.15) is 11.4 Å². The first-order valence-corrected chi connectivity index (χ1v) is 9.60. The number of amides is 1. The number of carbonyl (C=O) groups excluding carboxylic acids is 2. The van der Waals surface area contributed by atoms with Crippen molar-refractivity contribution in [1.29, 1.82) is 0 Å². The van der Waals surface area contributed by atoms with E-state index < -0.39 is 11.9 Å². The number of anilines is 1. The van der Waals surface area contributed by atoms with Gasteiger partial charge in [-0.15, -0.1) is 0 Å². The van der Waals surface area contributed by atoms with Crippen LogP contribution in [0.3, 0.4) is 0 Å². The predicted molar refractivity (Wildman–Crippen MR) is 113 cm³/mol. The minimum atomic E-state index is -0.770. The van der Waals surface area contributed by atoms with E-state index in [1.54, 1.807) is 24.3 Å². The molecule has 1 aromatic heterocycles. The Morgan fingerprint density at radius 3 is 2.43 bits per heavy atom. The van der Waals surface area contributed by atoms with Crippen molar-refractivity contribution >= 4 is 41.0 Å². The van der Waals surface area contributed by atoms with Crippen LogP contribution in [0.2, 0.25) is 10.0 Å². The van der Waals surface area contributed by atoms with Gasteiger partial charge in [-0.2, -0.15) is 0 Å². The molecule has 2 aromatic carbocycles. The van der Waals surface area contributed by atoms with Crippen LogP contribution < -0.4 is 10.1 Å². The maximum Gasteiger partial charge on any atom is 0.345 e. The summed E-state index contributed by atoms with van der Waals surface area (Å²) in [6.07, 6.45) is 0. The molecule has 0 aliphatic carbocycles. The standard InChI is InChI=1S/C21H18Cl2N2O5/c1-11-6-4-9-15(12(11)2)29-10-16(26)24-20-18(21(27)28-3)19(25-30-20)17-13(22)7-5-8-14(17)23/h4-9H,10H2,1-3H3,(H,24,26). The molecule has 0 atom stereocenters. The fraction of sp³-hybridized carbons (Fsp3) is 0.190. The van der Waals surface area contributed by atoms with E-state index in [-0.39, 0.29) is 39.4 Å². The minimum absolute atomic E-state index is 0.0585. The van der Waals surface area contributed by atoms with Crippen LogP contribution in [0.1, 0.15) is 21.5 Å². The summed E-state index contributed by atoms with van der Waals surface area (Å²) >= 11 is 12.4. The Kier molecular flexibility index (Phi) is 6.64. The average Bonchev–Trinajstić information content (AvgIpc) is 3.11. The molecule has 0 saturated carbocycles. The number of esters is 1. The van der Waals surface area contributed by atoms with Crippen LogP contribution >= 0.6 is 23.2 Å². The Morgan fingerprint density at radius 1 is 1.10 bits per heavy atom. The third-order valence-corrected chi connectivity index (χ3v) is 5.08. The van der Waals surface area contributed by atoms with Crippen LogP contribution in [-0.4, -0.2) is 30.7 Å². The largest absolute Gasteiger partial charge is 0.483 e. The van der Waals surface area contributed by atoms with Crippen LogP contribution in [0.15, 0.2) is 40.9 Å². The number of rotatable bonds is 6. The summed E-state index contributed by atoms with van der Waals surface area (Å²) in [6, 6.07) is 10.4. The number of methoxy groups -OCH3 is 1. The first-order valence-electron chi connectivity index (χ1n) is 8.84. The van der Waals surface area contributed by atoms with Gasteiger partial charge in [0.2, 0.25) is 5.88 Å². The van der Waals surface area contributed by atoms with Gasteiger partial charge in [-0.1, -0.05) is 46.6 Å². The molecule has 0 unspecified atom stereocenters. The van der Waals surface area contributed by atoms with Crippen LogP contribution in [0.5, 0.6) is 5.75 Å². The number of aryl methyl sites for hydroxylation is 1. The molecule has 0 fully saturated rings. The molecular formula is C21H18Cl2N2O5. The second-order valence-electron chi connectivity index (χ2n) is 6.36. The van der Waals surface area contributed by atoms with Crippen molar-refractivity contribution in [3.63, 3.8) is 0 Å². The Labute approximate surface area is 182 Å². The molecule has 0 aliphatic heterocycles. The quantitative estimate of drug-likeness (QED) is 0.529. The van der Waals surface area contributed by atoms with Gasteiger partial charge in [0.05, 0.1) is 17.2 Å². The summed E-state index contributed by atoms with van der Waals surface area (Å²) in [5, 5.41) is 6.88. The molecule has 3 aromatic rings. The first-order chi connectivity index (χ1) is 14.3. The van der Waals surface area contributed by atoms with Gasteiger partial charge in [0.25, 0.3) is 5.91 Å². The maximum atomic E-state index is 12.4. The van der Waals surface area contributed by atoms with Crippen LogP contribution in [0, 0.1) is 13.8 Å². The third kappa shape index (κ3) is 4.42. The number of carbonyl (C=O) groups is 2. The van der Waals surface area contributed by atoms with Crippen molar-refractivity contribution in [2.45, 2.75) is 13.8 Å². The molecule has 1 heterocycles. The molecule has 0 spiro atoms. The number of ether oxygens (including phenoxy) is 2. The van der Waals surface area contributed by atoms with Gasteiger partial charge in [-0.25, -0.2) is 4.79 Å². The highest BCUT2D eigenvalue weighted by Gasteiger charge is 2.28.